The van der Waals surface area contributed by atoms with Crippen LogP contribution in [-0.4, -0.2) is 21.5 Å². The van der Waals surface area contributed by atoms with E-state index in [9.17, 15) is 0 Å². The lowest BCUT2D eigenvalue weighted by atomic mass is 10.1. The number of methoxy groups -OCH3 is 1. The summed E-state index contributed by atoms with van der Waals surface area (Å²) in [5.74, 6) is 1.53. The predicted molar refractivity (Wildman–Crippen MR) is 77.6 cm³/mol. The topological polar surface area (TPSA) is 65.4 Å². The summed E-state index contributed by atoms with van der Waals surface area (Å²) >= 11 is 0. The van der Waals surface area contributed by atoms with Crippen molar-refractivity contribution in [1.82, 2.24) is 14.4 Å². The number of fused-ring (bicyclic) bond motifs is 1. The van der Waals surface area contributed by atoms with Gasteiger partial charge in [0.1, 0.15) is 5.75 Å². The summed E-state index contributed by atoms with van der Waals surface area (Å²) in [6.07, 6.45) is 3.66. The van der Waals surface area contributed by atoms with E-state index in [4.69, 9.17) is 10.5 Å². The van der Waals surface area contributed by atoms with E-state index in [0.29, 0.717) is 12.3 Å². The highest BCUT2D eigenvalue weighted by atomic mass is 16.5. The first-order chi connectivity index (χ1) is 9.74. The van der Waals surface area contributed by atoms with Crippen LogP contribution in [0.2, 0.25) is 0 Å². The first-order valence-electron chi connectivity index (χ1n) is 6.41. The van der Waals surface area contributed by atoms with E-state index in [0.717, 1.165) is 28.3 Å². The van der Waals surface area contributed by atoms with Gasteiger partial charge in [-0.1, -0.05) is 0 Å². The lowest BCUT2D eigenvalue weighted by Crippen LogP contribution is -2.02. The molecule has 2 N–H and O–H groups in total. The fraction of sp³-hybridized carbons (Fsp3) is 0.200. The minimum Gasteiger partial charge on any atom is -0.496 e. The summed E-state index contributed by atoms with van der Waals surface area (Å²) in [4.78, 5) is 8.85. The molecule has 5 nitrogen and oxygen atoms in total. The number of hydrogen-bond acceptors (Lipinski definition) is 4. The van der Waals surface area contributed by atoms with E-state index >= 15 is 0 Å². The minimum absolute atomic E-state index is 0.410. The lowest BCUT2D eigenvalue weighted by Gasteiger charge is -2.07. The molecular weight excluding hydrogens is 252 g/mol. The van der Waals surface area contributed by atoms with Gasteiger partial charge in [-0.3, -0.25) is 4.40 Å². The van der Waals surface area contributed by atoms with Crippen molar-refractivity contribution in [3.63, 3.8) is 0 Å². The average molecular weight is 268 g/mol. The summed E-state index contributed by atoms with van der Waals surface area (Å²) in [5, 5.41) is 0. The number of aryl methyl sites for hydroxylation is 1. The quantitative estimate of drug-likeness (QED) is 0.790. The number of benzene rings is 1. The van der Waals surface area contributed by atoms with Gasteiger partial charge in [0.25, 0.3) is 0 Å². The Labute approximate surface area is 117 Å². The van der Waals surface area contributed by atoms with Gasteiger partial charge in [0.2, 0.25) is 5.78 Å². The number of rotatable bonds is 3. The third-order valence-electron chi connectivity index (χ3n) is 3.36. The molecule has 0 spiro atoms. The van der Waals surface area contributed by atoms with Crippen LogP contribution in [0.25, 0.3) is 17.0 Å². The molecule has 0 aliphatic carbocycles. The molecule has 0 unspecified atom stereocenters. The molecule has 0 amide bonds. The Morgan fingerprint density at radius 3 is 2.90 bits per heavy atom. The largest absolute Gasteiger partial charge is 0.496 e. The second-order valence-corrected chi connectivity index (χ2v) is 4.59. The fourth-order valence-electron chi connectivity index (χ4n) is 2.39. The Balaban J connectivity index is 2.21. The zero-order valence-corrected chi connectivity index (χ0v) is 11.5. The van der Waals surface area contributed by atoms with Crippen LogP contribution in [-0.2, 0) is 6.54 Å². The molecule has 102 valence electrons. The second kappa shape index (κ2) is 4.94. The zero-order chi connectivity index (χ0) is 14.1. The molecule has 1 aromatic carbocycles. The summed E-state index contributed by atoms with van der Waals surface area (Å²) in [7, 11) is 1.67. The van der Waals surface area contributed by atoms with Gasteiger partial charge in [0, 0.05) is 24.5 Å². The highest BCUT2D eigenvalue weighted by molar-refractivity contribution is 5.67. The number of nitrogens with two attached hydrogens (primary N) is 1. The Kier molecular flexibility index (Phi) is 3.12. The molecule has 3 aromatic rings. The maximum atomic E-state index is 5.88. The van der Waals surface area contributed by atoms with Crippen LogP contribution < -0.4 is 10.5 Å². The van der Waals surface area contributed by atoms with Crippen LogP contribution in [0, 0.1) is 6.92 Å². The standard InChI is InChI=1S/C15H16N4O/c1-10-8-11(4-5-13(10)20-2)14-12(9-16)19-7-3-6-17-15(19)18-14/h3-8H,9,16H2,1-2H3. The smallest absolute Gasteiger partial charge is 0.234 e. The fourth-order valence-corrected chi connectivity index (χ4v) is 2.39. The van der Waals surface area contributed by atoms with E-state index in [1.165, 1.54) is 0 Å². The first-order valence-corrected chi connectivity index (χ1v) is 6.41. The molecule has 0 saturated carbocycles. The second-order valence-electron chi connectivity index (χ2n) is 4.59. The molecule has 0 saturated heterocycles. The van der Waals surface area contributed by atoms with Crippen molar-refractivity contribution < 1.29 is 4.74 Å². The summed E-state index contributed by atoms with van der Waals surface area (Å²) < 4.78 is 7.21. The Morgan fingerprint density at radius 1 is 1.35 bits per heavy atom. The first kappa shape index (κ1) is 12.6. The van der Waals surface area contributed by atoms with Gasteiger partial charge < -0.3 is 10.5 Å². The minimum atomic E-state index is 0.410. The average Bonchev–Trinajstić information content (AvgIpc) is 2.85. The predicted octanol–water partition coefficient (Wildman–Crippen LogP) is 2.17. The van der Waals surface area contributed by atoms with E-state index in [1.54, 1.807) is 13.3 Å². The van der Waals surface area contributed by atoms with Crippen LogP contribution in [0.1, 0.15) is 11.3 Å². The summed E-state index contributed by atoms with van der Waals surface area (Å²) in [6.45, 7) is 2.42. The van der Waals surface area contributed by atoms with Crippen LogP contribution in [0.4, 0.5) is 0 Å². The number of nitrogens with zero attached hydrogens (tertiary/aromatic N) is 3. The number of aromatic nitrogens is 3. The van der Waals surface area contributed by atoms with Crippen molar-refractivity contribution in [1.29, 1.82) is 0 Å². The van der Waals surface area contributed by atoms with Crippen molar-refractivity contribution in [2.45, 2.75) is 13.5 Å². The SMILES string of the molecule is COc1ccc(-c2nc3ncccn3c2CN)cc1C. The van der Waals surface area contributed by atoms with Gasteiger partial charge in [-0.25, -0.2) is 9.97 Å². The molecule has 0 atom stereocenters. The lowest BCUT2D eigenvalue weighted by molar-refractivity contribution is 0.412. The molecule has 3 rings (SSSR count). The third-order valence-corrected chi connectivity index (χ3v) is 3.36. The van der Waals surface area contributed by atoms with E-state index < -0.39 is 0 Å². The van der Waals surface area contributed by atoms with Gasteiger partial charge in [-0.2, -0.15) is 0 Å². The van der Waals surface area contributed by atoms with Crippen molar-refractivity contribution in [2.75, 3.05) is 7.11 Å². The molecular formula is C15H16N4O. The van der Waals surface area contributed by atoms with Gasteiger partial charge >= 0.3 is 0 Å². The van der Waals surface area contributed by atoms with Gasteiger partial charge in [0.05, 0.1) is 18.5 Å². The molecule has 0 aliphatic heterocycles. The molecule has 2 aromatic heterocycles. The monoisotopic (exact) mass is 268 g/mol. The molecule has 5 heteroatoms. The summed E-state index contributed by atoms with van der Waals surface area (Å²) in [6, 6.07) is 7.87. The zero-order valence-electron chi connectivity index (χ0n) is 11.5. The van der Waals surface area contributed by atoms with E-state index in [-0.39, 0.29) is 0 Å². The van der Waals surface area contributed by atoms with Crippen LogP contribution in [0.5, 0.6) is 5.75 Å². The molecule has 0 aliphatic rings. The van der Waals surface area contributed by atoms with E-state index in [1.807, 2.05) is 35.7 Å². The molecule has 0 radical (unpaired) electrons. The molecule has 0 bridgehead atoms. The number of ether oxygens (including phenoxy) is 1. The number of hydrogen-bond donors (Lipinski definition) is 1. The van der Waals surface area contributed by atoms with Crippen LogP contribution >= 0.6 is 0 Å². The van der Waals surface area contributed by atoms with Gasteiger partial charge in [-0.05, 0) is 36.8 Å². The molecule has 2 heterocycles. The molecule has 20 heavy (non-hydrogen) atoms. The normalized spacial score (nSPS) is 10.9. The summed E-state index contributed by atoms with van der Waals surface area (Å²) in [5.41, 5.74) is 9.80. The van der Waals surface area contributed by atoms with Crippen LogP contribution in [0.15, 0.2) is 36.7 Å². The maximum Gasteiger partial charge on any atom is 0.234 e. The Bertz CT molecular complexity index is 764. The highest BCUT2D eigenvalue weighted by Crippen LogP contribution is 2.28. The Morgan fingerprint density at radius 2 is 2.20 bits per heavy atom. The maximum absolute atomic E-state index is 5.88. The van der Waals surface area contributed by atoms with Gasteiger partial charge in [0.15, 0.2) is 0 Å². The number of imidazole rings is 1. The van der Waals surface area contributed by atoms with Crippen LogP contribution in [0.3, 0.4) is 0 Å². The third kappa shape index (κ3) is 1.92. The van der Waals surface area contributed by atoms with Crippen molar-refractivity contribution in [3.8, 4) is 17.0 Å². The van der Waals surface area contributed by atoms with Gasteiger partial charge in [-0.15, -0.1) is 0 Å². The van der Waals surface area contributed by atoms with Crippen molar-refractivity contribution >= 4 is 5.78 Å². The highest BCUT2D eigenvalue weighted by Gasteiger charge is 2.14. The van der Waals surface area contributed by atoms with Crippen molar-refractivity contribution in [2.24, 2.45) is 5.73 Å². The van der Waals surface area contributed by atoms with Crippen molar-refractivity contribution in [3.05, 3.63) is 47.9 Å². The van der Waals surface area contributed by atoms with E-state index in [2.05, 4.69) is 16.0 Å². The molecule has 0 fully saturated rings. The Hall–Kier alpha value is -2.40.